The van der Waals surface area contributed by atoms with Crippen LogP contribution >= 0.6 is 0 Å². The van der Waals surface area contributed by atoms with E-state index in [1.165, 1.54) is 12.1 Å². The van der Waals surface area contributed by atoms with E-state index in [1.807, 2.05) is 19.0 Å². The number of nitro groups is 1. The molecule has 1 aromatic rings. The van der Waals surface area contributed by atoms with Crippen molar-refractivity contribution in [2.24, 2.45) is 0 Å². The Labute approximate surface area is 145 Å². The minimum Gasteiger partial charge on any atom is -0.415 e. The molecule has 0 unspecified atom stereocenters. The maximum Gasteiger partial charge on any atom is 0.269 e. The maximum atomic E-state index is 10.8. The molecule has 0 saturated carbocycles. The van der Waals surface area contributed by atoms with Crippen LogP contribution in [0.1, 0.15) is 32.4 Å². The van der Waals surface area contributed by atoms with Gasteiger partial charge in [-0.25, -0.2) is 0 Å². The fourth-order valence-corrected chi connectivity index (χ4v) is 3.07. The van der Waals surface area contributed by atoms with Crippen LogP contribution in [0.5, 0.6) is 0 Å². The van der Waals surface area contributed by atoms with Crippen LogP contribution in [-0.2, 0) is 4.43 Å². The van der Waals surface area contributed by atoms with Crippen molar-refractivity contribution >= 4 is 14.0 Å². The fraction of sp³-hybridized carbons (Fsp3) is 0.647. The molecule has 1 rings (SSSR count). The lowest BCUT2D eigenvalue weighted by Crippen LogP contribution is -2.46. The second-order valence-electron chi connectivity index (χ2n) is 7.90. The third kappa shape index (κ3) is 5.11. The summed E-state index contributed by atoms with van der Waals surface area (Å²) in [6.07, 6.45) is -0.773. The zero-order valence-corrected chi connectivity index (χ0v) is 16.7. The highest BCUT2D eigenvalue weighted by Gasteiger charge is 2.38. The first kappa shape index (κ1) is 20.8. The van der Waals surface area contributed by atoms with Crippen LogP contribution in [0.2, 0.25) is 18.1 Å². The van der Waals surface area contributed by atoms with Gasteiger partial charge in [0, 0.05) is 12.1 Å². The molecule has 0 aliphatic rings. The number of nitro benzene ring substituents is 1. The Bertz CT molecular complexity index is 553. The van der Waals surface area contributed by atoms with Crippen molar-refractivity contribution in [3.8, 4) is 0 Å². The van der Waals surface area contributed by atoms with E-state index in [0.717, 1.165) is 0 Å². The van der Waals surface area contributed by atoms with E-state index in [9.17, 15) is 15.2 Å². The van der Waals surface area contributed by atoms with Gasteiger partial charge in [0.25, 0.3) is 5.69 Å². The Hall–Kier alpha value is -1.28. The van der Waals surface area contributed by atoms with Crippen LogP contribution in [0, 0.1) is 10.1 Å². The summed E-state index contributed by atoms with van der Waals surface area (Å²) in [4.78, 5) is 12.2. The van der Waals surface area contributed by atoms with E-state index < -0.39 is 19.3 Å². The number of benzene rings is 1. The molecule has 0 spiro atoms. The van der Waals surface area contributed by atoms with E-state index in [4.69, 9.17) is 4.43 Å². The zero-order chi connectivity index (χ0) is 18.7. The van der Waals surface area contributed by atoms with Gasteiger partial charge in [-0.1, -0.05) is 20.8 Å². The average molecular weight is 355 g/mol. The van der Waals surface area contributed by atoms with Crippen molar-refractivity contribution in [1.29, 1.82) is 0 Å². The lowest BCUT2D eigenvalue weighted by Gasteiger charge is -2.39. The van der Waals surface area contributed by atoms with Crippen LogP contribution in [0.4, 0.5) is 5.69 Å². The summed E-state index contributed by atoms with van der Waals surface area (Å²) in [6, 6.07) is 5.82. The summed E-state index contributed by atoms with van der Waals surface area (Å²) in [5, 5.41) is 21.6. The quantitative estimate of drug-likeness (QED) is 0.460. The third-order valence-corrected chi connectivity index (χ3v) is 9.40. The monoisotopic (exact) mass is 354 g/mol. The Balaban J connectivity index is 2.89. The second kappa shape index (κ2) is 7.73. The first-order valence-electron chi connectivity index (χ1n) is 8.09. The molecule has 0 bridgehead atoms. The number of aliphatic hydroxyl groups excluding tert-OH is 1. The molecule has 0 amide bonds. The predicted octanol–water partition coefficient (Wildman–Crippen LogP) is 3.58. The molecule has 0 aliphatic carbocycles. The average Bonchev–Trinajstić information content (AvgIpc) is 2.45. The van der Waals surface area contributed by atoms with Crippen LogP contribution in [0.25, 0.3) is 0 Å². The topological polar surface area (TPSA) is 75.8 Å². The van der Waals surface area contributed by atoms with Crippen LogP contribution in [0.3, 0.4) is 0 Å². The first-order chi connectivity index (χ1) is 10.9. The molecule has 1 N–H and O–H groups in total. The molecular weight excluding hydrogens is 324 g/mol. The molecule has 1 aromatic carbocycles. The first-order valence-corrected chi connectivity index (χ1v) is 11.0. The van der Waals surface area contributed by atoms with Crippen molar-refractivity contribution < 1.29 is 14.5 Å². The summed E-state index contributed by atoms with van der Waals surface area (Å²) in [7, 11) is 1.88. The summed E-state index contributed by atoms with van der Waals surface area (Å²) < 4.78 is 6.25. The number of non-ortho nitro benzene ring substituents is 1. The number of aliphatic hydroxyl groups is 1. The van der Waals surface area contributed by atoms with Gasteiger partial charge >= 0.3 is 0 Å². The molecule has 2 atom stereocenters. The van der Waals surface area contributed by atoms with E-state index in [1.54, 1.807) is 12.1 Å². The van der Waals surface area contributed by atoms with Gasteiger partial charge in [0.15, 0.2) is 8.32 Å². The van der Waals surface area contributed by atoms with Crippen molar-refractivity contribution in [2.45, 2.75) is 51.0 Å². The maximum absolute atomic E-state index is 10.8. The number of likely N-dealkylation sites (N-methyl/N-ethyl adjacent to an activating group) is 1. The summed E-state index contributed by atoms with van der Waals surface area (Å²) in [5.41, 5.74) is 0.669. The van der Waals surface area contributed by atoms with Gasteiger partial charge < -0.3 is 14.4 Å². The number of hydrogen-bond acceptors (Lipinski definition) is 5. The molecule has 0 aromatic heterocycles. The number of hydrogen-bond donors (Lipinski definition) is 1. The lowest BCUT2D eigenvalue weighted by atomic mass is 10.0. The van der Waals surface area contributed by atoms with Gasteiger partial charge in [-0.15, -0.1) is 0 Å². The second-order valence-corrected chi connectivity index (χ2v) is 12.7. The molecule has 0 fully saturated rings. The van der Waals surface area contributed by atoms with Gasteiger partial charge in [-0.2, -0.15) is 0 Å². The molecule has 0 radical (unpaired) electrons. The van der Waals surface area contributed by atoms with Crippen molar-refractivity contribution in [3.05, 3.63) is 39.9 Å². The number of rotatable bonds is 7. The Morgan fingerprint density at radius 2 is 1.75 bits per heavy atom. The van der Waals surface area contributed by atoms with E-state index >= 15 is 0 Å². The van der Waals surface area contributed by atoms with Crippen LogP contribution < -0.4 is 0 Å². The Morgan fingerprint density at radius 3 is 2.12 bits per heavy atom. The van der Waals surface area contributed by atoms with Gasteiger partial charge in [-0.3, -0.25) is 10.1 Å². The standard InChI is InChI=1S/C17H30N2O4Si/c1-17(2,3)24(6,7)23-12-15(18(4)5)16(20)13-8-10-14(11-9-13)19(21)22/h8-11,15-16,20H,12H2,1-7H3/t15-,16-/m1/s1. The third-order valence-electron chi connectivity index (χ3n) is 4.89. The minimum absolute atomic E-state index is 0.0184. The predicted molar refractivity (Wildman–Crippen MR) is 98.7 cm³/mol. The fourth-order valence-electron chi connectivity index (χ4n) is 2.05. The molecular formula is C17H30N2O4Si. The smallest absolute Gasteiger partial charge is 0.269 e. The van der Waals surface area contributed by atoms with Crippen molar-refractivity contribution in [2.75, 3.05) is 20.7 Å². The Morgan fingerprint density at radius 1 is 1.25 bits per heavy atom. The molecule has 136 valence electrons. The van der Waals surface area contributed by atoms with Crippen molar-refractivity contribution in [3.63, 3.8) is 0 Å². The van der Waals surface area contributed by atoms with Gasteiger partial charge in [0.1, 0.15) is 0 Å². The minimum atomic E-state index is -1.91. The van der Waals surface area contributed by atoms with E-state index in [0.29, 0.717) is 12.2 Å². The van der Waals surface area contributed by atoms with E-state index in [2.05, 4.69) is 33.9 Å². The summed E-state index contributed by atoms with van der Waals surface area (Å²) in [6.45, 7) is 11.3. The SMILES string of the molecule is CN(C)[C@H](CO[Si](C)(C)C(C)(C)C)[C@H](O)c1ccc([N+](=O)[O-])cc1. The van der Waals surface area contributed by atoms with Gasteiger partial charge in [-0.05, 0) is 49.9 Å². The van der Waals surface area contributed by atoms with Crippen LogP contribution in [-0.4, -0.2) is 50.0 Å². The molecule has 0 saturated heterocycles. The van der Waals surface area contributed by atoms with Crippen molar-refractivity contribution in [1.82, 2.24) is 4.90 Å². The highest BCUT2D eigenvalue weighted by Crippen LogP contribution is 2.37. The molecule has 7 heteroatoms. The molecule has 24 heavy (non-hydrogen) atoms. The Kier molecular flexibility index (Phi) is 6.69. The highest BCUT2D eigenvalue weighted by molar-refractivity contribution is 6.74. The zero-order valence-electron chi connectivity index (χ0n) is 15.7. The largest absolute Gasteiger partial charge is 0.415 e. The van der Waals surface area contributed by atoms with Gasteiger partial charge in [0.2, 0.25) is 0 Å². The van der Waals surface area contributed by atoms with Gasteiger partial charge in [0.05, 0.1) is 23.7 Å². The summed E-state index contributed by atoms with van der Waals surface area (Å²) >= 11 is 0. The highest BCUT2D eigenvalue weighted by atomic mass is 28.4. The lowest BCUT2D eigenvalue weighted by molar-refractivity contribution is -0.384. The van der Waals surface area contributed by atoms with E-state index in [-0.39, 0.29) is 16.8 Å². The summed E-state index contributed by atoms with van der Waals surface area (Å²) in [5.74, 6) is 0. The van der Waals surface area contributed by atoms with Crippen LogP contribution in [0.15, 0.2) is 24.3 Å². The normalized spacial score (nSPS) is 15.4. The molecule has 0 aliphatic heterocycles. The molecule has 6 nitrogen and oxygen atoms in total. The number of nitrogens with zero attached hydrogens (tertiary/aromatic N) is 2. The molecule has 0 heterocycles.